The molecule has 0 radical (unpaired) electrons. The molecular weight excluding hydrogens is 332 g/mol. The van der Waals surface area contributed by atoms with Gasteiger partial charge >= 0.3 is 0 Å². The van der Waals surface area contributed by atoms with E-state index >= 15 is 0 Å². The van der Waals surface area contributed by atoms with Crippen molar-refractivity contribution in [3.63, 3.8) is 0 Å². The van der Waals surface area contributed by atoms with Gasteiger partial charge in [0, 0.05) is 15.9 Å². The fourth-order valence-corrected chi connectivity index (χ4v) is 4.46. The molecule has 0 bridgehead atoms. The maximum absolute atomic E-state index is 13.3. The zero-order valence-electron chi connectivity index (χ0n) is 13.3. The highest BCUT2D eigenvalue weighted by Crippen LogP contribution is 2.46. The van der Waals surface area contributed by atoms with Gasteiger partial charge in [0.15, 0.2) is 5.78 Å². The van der Waals surface area contributed by atoms with E-state index in [-0.39, 0.29) is 23.2 Å². The molecule has 3 aromatic rings. The normalized spacial score (nSPS) is 16.0. The molecule has 0 aromatic heterocycles. The first-order valence-electron chi connectivity index (χ1n) is 8.04. The van der Waals surface area contributed by atoms with E-state index in [9.17, 15) is 15.0 Å². The number of carbonyl (C=O) groups is 1. The number of rotatable bonds is 2. The van der Waals surface area contributed by atoms with E-state index in [4.69, 9.17) is 0 Å². The minimum Gasteiger partial charge on any atom is -0.508 e. The van der Waals surface area contributed by atoms with Crippen LogP contribution >= 0.6 is 11.8 Å². The van der Waals surface area contributed by atoms with Gasteiger partial charge in [-0.15, -0.1) is 0 Å². The van der Waals surface area contributed by atoms with Crippen molar-refractivity contribution in [1.82, 2.24) is 0 Å². The SMILES string of the molecule is O=C1c2c(O)cc(O)cc2Sc2ccccc2C1Cc1ccccc1. The number of benzene rings is 3. The Labute approximate surface area is 150 Å². The number of aromatic hydroxyl groups is 2. The molecule has 0 amide bonds. The number of phenols is 2. The van der Waals surface area contributed by atoms with Gasteiger partial charge in [-0.25, -0.2) is 0 Å². The summed E-state index contributed by atoms with van der Waals surface area (Å²) >= 11 is 1.41. The van der Waals surface area contributed by atoms with Crippen LogP contribution in [-0.2, 0) is 6.42 Å². The number of Topliss-reactive ketones (excluding diaryl/α,β-unsaturated/α-hetero) is 1. The van der Waals surface area contributed by atoms with Crippen molar-refractivity contribution in [2.45, 2.75) is 22.1 Å². The first-order chi connectivity index (χ1) is 12.1. The number of hydrogen-bond donors (Lipinski definition) is 2. The van der Waals surface area contributed by atoms with Gasteiger partial charge in [0.2, 0.25) is 0 Å². The van der Waals surface area contributed by atoms with Crippen LogP contribution in [0.5, 0.6) is 11.5 Å². The van der Waals surface area contributed by atoms with E-state index < -0.39 is 0 Å². The van der Waals surface area contributed by atoms with Gasteiger partial charge < -0.3 is 10.2 Å². The summed E-state index contributed by atoms with van der Waals surface area (Å²) < 4.78 is 0. The van der Waals surface area contributed by atoms with E-state index in [1.807, 2.05) is 54.6 Å². The van der Waals surface area contributed by atoms with Crippen LogP contribution in [-0.4, -0.2) is 16.0 Å². The summed E-state index contributed by atoms with van der Waals surface area (Å²) in [7, 11) is 0. The van der Waals surface area contributed by atoms with Crippen LogP contribution in [0.1, 0.15) is 27.4 Å². The molecule has 1 atom stereocenters. The quantitative estimate of drug-likeness (QED) is 0.700. The van der Waals surface area contributed by atoms with Gasteiger partial charge in [0.1, 0.15) is 11.5 Å². The second-order valence-corrected chi connectivity index (χ2v) is 7.17. The molecule has 25 heavy (non-hydrogen) atoms. The third-order valence-electron chi connectivity index (χ3n) is 4.43. The monoisotopic (exact) mass is 348 g/mol. The van der Waals surface area contributed by atoms with Crippen molar-refractivity contribution in [2.24, 2.45) is 0 Å². The van der Waals surface area contributed by atoms with Gasteiger partial charge in [-0.2, -0.15) is 0 Å². The molecule has 124 valence electrons. The average Bonchev–Trinajstić information content (AvgIpc) is 2.71. The van der Waals surface area contributed by atoms with Crippen molar-refractivity contribution in [2.75, 3.05) is 0 Å². The van der Waals surface area contributed by atoms with Gasteiger partial charge in [-0.05, 0) is 29.7 Å². The summed E-state index contributed by atoms with van der Waals surface area (Å²) in [5, 5.41) is 20.1. The van der Waals surface area contributed by atoms with Crippen molar-refractivity contribution in [3.05, 3.63) is 83.4 Å². The fourth-order valence-electron chi connectivity index (χ4n) is 3.26. The highest BCUT2D eigenvalue weighted by atomic mass is 32.2. The van der Waals surface area contributed by atoms with Crippen LogP contribution in [0, 0.1) is 0 Å². The van der Waals surface area contributed by atoms with Crippen LogP contribution in [0.15, 0.2) is 76.5 Å². The number of fused-ring (bicyclic) bond motifs is 2. The van der Waals surface area contributed by atoms with Crippen molar-refractivity contribution in [3.8, 4) is 11.5 Å². The van der Waals surface area contributed by atoms with Crippen LogP contribution in [0.4, 0.5) is 0 Å². The molecular formula is C21H16O3S. The van der Waals surface area contributed by atoms with Crippen LogP contribution in [0.2, 0.25) is 0 Å². The average molecular weight is 348 g/mol. The molecule has 4 heteroatoms. The molecule has 0 aliphatic carbocycles. The highest BCUT2D eigenvalue weighted by molar-refractivity contribution is 7.99. The predicted molar refractivity (Wildman–Crippen MR) is 97.6 cm³/mol. The Morgan fingerprint density at radius 2 is 1.60 bits per heavy atom. The Morgan fingerprint density at radius 1 is 0.880 bits per heavy atom. The Bertz CT molecular complexity index is 951. The Hall–Kier alpha value is -2.72. The molecule has 1 unspecified atom stereocenters. The van der Waals surface area contributed by atoms with Gasteiger partial charge in [0.05, 0.1) is 11.5 Å². The van der Waals surface area contributed by atoms with Gasteiger partial charge in [-0.3, -0.25) is 4.79 Å². The van der Waals surface area contributed by atoms with E-state index in [1.165, 1.54) is 17.8 Å². The number of hydrogen-bond acceptors (Lipinski definition) is 4. The third-order valence-corrected chi connectivity index (χ3v) is 5.56. The maximum Gasteiger partial charge on any atom is 0.175 e. The van der Waals surface area contributed by atoms with Crippen molar-refractivity contribution in [1.29, 1.82) is 0 Å². The molecule has 0 fully saturated rings. The standard InChI is InChI=1S/C21H16O3S/c22-14-11-17(23)20-19(12-14)25-18-9-5-4-8-15(18)16(21(20)24)10-13-6-2-1-3-7-13/h1-9,11-12,16,22-23H,10H2. The molecule has 2 N–H and O–H groups in total. The van der Waals surface area contributed by atoms with Crippen LogP contribution < -0.4 is 0 Å². The lowest BCUT2D eigenvalue weighted by Gasteiger charge is -2.17. The van der Waals surface area contributed by atoms with E-state index in [1.54, 1.807) is 6.07 Å². The van der Waals surface area contributed by atoms with Gasteiger partial charge in [0.25, 0.3) is 0 Å². The largest absolute Gasteiger partial charge is 0.508 e. The minimum absolute atomic E-state index is 0.0458. The zero-order chi connectivity index (χ0) is 17.4. The fraction of sp³-hybridized carbons (Fsp3) is 0.0952. The lowest BCUT2D eigenvalue weighted by molar-refractivity contribution is 0.0953. The molecule has 3 nitrogen and oxygen atoms in total. The lowest BCUT2D eigenvalue weighted by Crippen LogP contribution is -2.15. The van der Waals surface area contributed by atoms with Crippen LogP contribution in [0.25, 0.3) is 0 Å². The zero-order valence-corrected chi connectivity index (χ0v) is 14.2. The Morgan fingerprint density at radius 3 is 2.40 bits per heavy atom. The first kappa shape index (κ1) is 15.8. The molecule has 0 saturated carbocycles. The predicted octanol–water partition coefficient (Wildman–Crippen LogP) is 4.77. The van der Waals surface area contributed by atoms with E-state index in [0.29, 0.717) is 16.9 Å². The lowest BCUT2D eigenvalue weighted by atomic mass is 9.85. The molecule has 0 saturated heterocycles. The second-order valence-electron chi connectivity index (χ2n) is 6.08. The summed E-state index contributed by atoms with van der Waals surface area (Å²) in [5.41, 5.74) is 2.32. The third kappa shape index (κ3) is 2.89. The summed E-state index contributed by atoms with van der Waals surface area (Å²) in [6.07, 6.45) is 0.566. The van der Waals surface area contributed by atoms with Crippen molar-refractivity contribution >= 4 is 17.5 Å². The molecule has 1 aliphatic heterocycles. The first-order valence-corrected chi connectivity index (χ1v) is 8.86. The summed E-state index contributed by atoms with van der Waals surface area (Å²) in [4.78, 5) is 14.8. The molecule has 1 heterocycles. The Kier molecular flexibility index (Phi) is 3.98. The maximum atomic E-state index is 13.3. The topological polar surface area (TPSA) is 57.5 Å². The Balaban J connectivity index is 1.88. The van der Waals surface area contributed by atoms with Crippen LogP contribution in [0.3, 0.4) is 0 Å². The summed E-state index contributed by atoms with van der Waals surface area (Å²) in [6, 6.07) is 20.5. The summed E-state index contributed by atoms with van der Waals surface area (Å²) in [5.74, 6) is -0.703. The molecule has 0 spiro atoms. The molecule has 1 aliphatic rings. The highest BCUT2D eigenvalue weighted by Gasteiger charge is 2.32. The molecule has 3 aromatic carbocycles. The minimum atomic E-state index is -0.372. The smallest absolute Gasteiger partial charge is 0.175 e. The van der Waals surface area contributed by atoms with Crippen molar-refractivity contribution < 1.29 is 15.0 Å². The van der Waals surface area contributed by atoms with E-state index in [0.717, 1.165) is 16.0 Å². The second kappa shape index (κ2) is 6.30. The van der Waals surface area contributed by atoms with E-state index in [2.05, 4.69) is 0 Å². The summed E-state index contributed by atoms with van der Waals surface area (Å²) in [6.45, 7) is 0. The number of carbonyl (C=O) groups excluding carboxylic acids is 1. The number of ketones is 1. The molecule has 4 rings (SSSR count). The van der Waals surface area contributed by atoms with Gasteiger partial charge in [-0.1, -0.05) is 60.3 Å². The number of phenolic OH excluding ortho intramolecular Hbond substituents is 2.